The molecular formula is C47H62ClF3N8O8S. The molecule has 3 saturated carbocycles. The number of piperazine rings is 1. The first kappa shape index (κ1) is 49.6. The summed E-state index contributed by atoms with van der Waals surface area (Å²) in [6, 6.07) is 0.779. The Hall–Kier alpha value is -4.79. The number of alkyl halides is 3. The standard InChI is InChI=1S/C47H62ClF3N8O8S/c1-7-28-21-46(28,42(62)63)56-40(60)34-19-30(22-59(34)41(61)39(45(4,5)6)55-44(64)67-29-17-26-16-27(26)18-29)66-36-20-32(33-23-68-43(54-33)52-25(2)3)53-38-31(36)8-9-35(37(38)48)65-15-14-57-10-12-58(13-11-57)24-47(49,50)51/h7-9,20,23,25-30,32,34,39,53H,1,10-19,21-22,24H2,2-6H3,(H,52,54)(H,55,64)(H,56,60)(H,62,63)/t26-,27+,28-,29+,30?,32?,34+,39-,46-/m1/s1. The number of halogens is 4. The number of carboxylic acids is 1. The van der Waals surface area contributed by atoms with E-state index in [1.807, 2.05) is 30.2 Å². The number of thiazole rings is 1. The maximum absolute atomic E-state index is 14.8. The Morgan fingerprint density at radius 3 is 2.40 bits per heavy atom. The van der Waals surface area contributed by atoms with Crippen LogP contribution in [0.15, 0.2) is 36.2 Å². The molecule has 4 heterocycles. The van der Waals surface area contributed by atoms with Gasteiger partial charge in [-0.25, -0.2) is 14.6 Å². The maximum atomic E-state index is 14.8. The van der Waals surface area contributed by atoms with E-state index in [0.717, 1.165) is 19.3 Å². The van der Waals surface area contributed by atoms with E-state index < -0.39 is 77.7 Å². The molecule has 0 spiro atoms. The van der Waals surface area contributed by atoms with Gasteiger partial charge in [0.15, 0.2) is 5.13 Å². The van der Waals surface area contributed by atoms with Gasteiger partial charge in [0.1, 0.15) is 53.0 Å². The van der Waals surface area contributed by atoms with Crippen LogP contribution in [0.25, 0.3) is 5.76 Å². The van der Waals surface area contributed by atoms with Gasteiger partial charge < -0.3 is 45.5 Å². The number of amides is 3. The summed E-state index contributed by atoms with van der Waals surface area (Å²) in [7, 11) is 0. The summed E-state index contributed by atoms with van der Waals surface area (Å²) in [5.74, 6) is -1.02. The lowest BCUT2D eigenvalue weighted by molar-refractivity contribution is -0.149. The Labute approximate surface area is 403 Å². The first-order valence-corrected chi connectivity index (χ1v) is 24.7. The highest BCUT2D eigenvalue weighted by atomic mass is 35.5. The molecule has 3 amide bonds. The third-order valence-corrected chi connectivity index (χ3v) is 15.0. The van der Waals surface area contributed by atoms with Gasteiger partial charge in [-0.05, 0) is 75.0 Å². The number of nitrogens with zero attached hydrogens (tertiary/aromatic N) is 4. The molecule has 6 aliphatic rings. The molecule has 5 fully saturated rings. The van der Waals surface area contributed by atoms with E-state index in [9.17, 15) is 37.5 Å². The summed E-state index contributed by atoms with van der Waals surface area (Å²) in [6.07, 6.45) is 0.234. The third kappa shape index (κ3) is 11.3. The SMILES string of the molecule is C=C[C@@H]1C[C@]1(NC(=O)[C@@H]1CC(OC2=CC(c3csc(NC(C)C)n3)Nc3c2ccc(OCCN2CCN(CC(F)(F)F)CC2)c3Cl)CN1C(=O)[C@@H](NC(=O)O[C@@H]1C[C@@H]2C[C@@H]2C1)C(C)(C)C)C(=O)O. The van der Waals surface area contributed by atoms with Crippen molar-refractivity contribution in [3.05, 3.63) is 52.5 Å². The molecule has 16 nitrogen and oxygen atoms in total. The van der Waals surface area contributed by atoms with Crippen LogP contribution in [0.2, 0.25) is 5.02 Å². The first-order chi connectivity index (χ1) is 32.1. The quantitative estimate of drug-likeness (QED) is 0.105. The number of fused-ring (bicyclic) bond motifs is 2. The lowest BCUT2D eigenvalue weighted by Crippen LogP contribution is -2.59. The second kappa shape index (κ2) is 19.5. The monoisotopic (exact) mass is 990 g/mol. The van der Waals surface area contributed by atoms with E-state index in [4.69, 9.17) is 30.8 Å². The van der Waals surface area contributed by atoms with E-state index >= 15 is 0 Å². The Balaban J connectivity index is 1.03. The molecule has 2 saturated heterocycles. The van der Waals surface area contributed by atoms with E-state index in [1.165, 1.54) is 27.2 Å². The molecule has 9 atom stereocenters. The molecule has 2 unspecified atom stereocenters. The predicted molar refractivity (Wildman–Crippen MR) is 250 cm³/mol. The third-order valence-electron chi connectivity index (χ3n) is 13.8. The number of carboxylic acid groups (broad SMARTS) is 1. The van der Waals surface area contributed by atoms with Gasteiger partial charge in [0, 0.05) is 62.0 Å². The Morgan fingerprint density at radius 1 is 1.06 bits per heavy atom. The van der Waals surface area contributed by atoms with E-state index in [1.54, 1.807) is 32.9 Å². The molecule has 3 aliphatic heterocycles. The number of ether oxygens (including phenoxy) is 3. The second-order valence-electron chi connectivity index (χ2n) is 20.4. The van der Waals surface area contributed by atoms with Crippen molar-refractivity contribution in [2.24, 2.45) is 23.2 Å². The number of nitrogens with one attached hydrogen (secondary N) is 4. The van der Waals surface area contributed by atoms with Gasteiger partial charge in [-0.3, -0.25) is 19.4 Å². The molecule has 21 heteroatoms. The van der Waals surface area contributed by atoms with Crippen LogP contribution in [-0.2, 0) is 23.9 Å². The number of carbonyl (C=O) groups is 4. The molecule has 5 N–H and O–H groups in total. The highest BCUT2D eigenvalue weighted by molar-refractivity contribution is 7.13. The Bertz CT molecular complexity index is 2270. The van der Waals surface area contributed by atoms with Crippen LogP contribution in [0, 0.1) is 23.2 Å². The van der Waals surface area contributed by atoms with Crippen LogP contribution in [0.3, 0.4) is 0 Å². The fraction of sp³-hybridized carbons (Fsp3) is 0.638. The minimum atomic E-state index is -4.25. The molecule has 1 aromatic carbocycles. The maximum Gasteiger partial charge on any atom is 0.408 e. The van der Waals surface area contributed by atoms with Crippen molar-refractivity contribution >= 4 is 63.4 Å². The molecule has 0 radical (unpaired) electrons. The van der Waals surface area contributed by atoms with E-state index in [2.05, 4.69) is 27.8 Å². The largest absolute Gasteiger partial charge is 0.491 e. The zero-order chi connectivity index (χ0) is 48.9. The number of hydrogen-bond donors (Lipinski definition) is 5. The molecule has 2 aromatic rings. The van der Waals surface area contributed by atoms with Crippen LogP contribution in [0.5, 0.6) is 5.75 Å². The van der Waals surface area contributed by atoms with Gasteiger partial charge >= 0.3 is 18.2 Å². The van der Waals surface area contributed by atoms with Crippen LogP contribution in [0.4, 0.5) is 28.8 Å². The topological polar surface area (TPSA) is 187 Å². The fourth-order valence-corrected chi connectivity index (χ4v) is 11.1. The lowest BCUT2D eigenvalue weighted by Gasteiger charge is -2.35. The number of rotatable bonds is 17. The minimum Gasteiger partial charge on any atom is -0.491 e. The Kier molecular flexibility index (Phi) is 14.3. The number of benzene rings is 1. The van der Waals surface area contributed by atoms with Crippen molar-refractivity contribution in [3.8, 4) is 5.75 Å². The van der Waals surface area contributed by atoms with Crippen molar-refractivity contribution in [2.45, 2.75) is 115 Å². The zero-order valence-corrected chi connectivity index (χ0v) is 40.6. The average Bonchev–Trinajstić information content (AvgIpc) is 3.93. The van der Waals surface area contributed by atoms with Crippen LogP contribution < -0.4 is 26.0 Å². The van der Waals surface area contributed by atoms with Crippen molar-refractivity contribution in [3.63, 3.8) is 0 Å². The zero-order valence-electron chi connectivity index (χ0n) is 39.0. The van der Waals surface area contributed by atoms with Crippen LogP contribution in [-0.4, -0.2) is 143 Å². The average molecular weight is 992 g/mol. The van der Waals surface area contributed by atoms with Gasteiger partial charge in [0.2, 0.25) is 11.8 Å². The van der Waals surface area contributed by atoms with Gasteiger partial charge in [0.25, 0.3) is 0 Å². The number of anilines is 2. The van der Waals surface area contributed by atoms with Crippen molar-refractivity contribution < 1.29 is 51.7 Å². The first-order valence-electron chi connectivity index (χ1n) is 23.4. The molecule has 3 aliphatic carbocycles. The number of aliphatic carboxylic acids is 1. The summed E-state index contributed by atoms with van der Waals surface area (Å²) in [6.45, 7) is 14.4. The smallest absolute Gasteiger partial charge is 0.408 e. The summed E-state index contributed by atoms with van der Waals surface area (Å²) in [4.78, 5) is 64.7. The molecule has 8 rings (SSSR count). The predicted octanol–water partition coefficient (Wildman–Crippen LogP) is 6.75. The molecule has 372 valence electrons. The second-order valence-corrected chi connectivity index (χ2v) is 21.6. The lowest BCUT2D eigenvalue weighted by atomic mass is 9.85. The van der Waals surface area contributed by atoms with Crippen molar-refractivity contribution in [1.29, 1.82) is 0 Å². The van der Waals surface area contributed by atoms with Gasteiger partial charge in [-0.2, -0.15) is 13.2 Å². The number of hydrogen-bond acceptors (Lipinski definition) is 13. The number of likely N-dealkylation sites (tertiary alicyclic amines) is 1. The van der Waals surface area contributed by atoms with Gasteiger partial charge in [0.05, 0.1) is 30.5 Å². The molecule has 0 bridgehead atoms. The summed E-state index contributed by atoms with van der Waals surface area (Å²) >= 11 is 8.56. The van der Waals surface area contributed by atoms with Gasteiger partial charge in [-0.15, -0.1) is 17.9 Å². The van der Waals surface area contributed by atoms with E-state index in [0.29, 0.717) is 78.1 Å². The molecule has 1 aromatic heterocycles. The fourth-order valence-electron chi connectivity index (χ4n) is 9.91. The summed E-state index contributed by atoms with van der Waals surface area (Å²) in [5.41, 5.74) is -0.676. The highest BCUT2D eigenvalue weighted by Gasteiger charge is 2.61. The molecular weight excluding hydrogens is 929 g/mol. The Morgan fingerprint density at radius 2 is 1.76 bits per heavy atom. The highest BCUT2D eigenvalue weighted by Crippen LogP contribution is 2.53. The number of aromatic nitrogens is 1. The van der Waals surface area contributed by atoms with Crippen molar-refractivity contribution in [1.82, 2.24) is 30.3 Å². The van der Waals surface area contributed by atoms with Crippen molar-refractivity contribution in [2.75, 3.05) is 63.1 Å². The van der Waals surface area contributed by atoms with Crippen LogP contribution >= 0.6 is 22.9 Å². The number of carbonyl (C=O) groups excluding carboxylic acids is 3. The van der Waals surface area contributed by atoms with Crippen LogP contribution in [0.1, 0.15) is 84.0 Å². The summed E-state index contributed by atoms with van der Waals surface area (Å²) in [5, 5.41) is 25.4. The number of alkyl carbamates (subject to hydrolysis) is 1. The van der Waals surface area contributed by atoms with Gasteiger partial charge in [-0.1, -0.05) is 38.4 Å². The van der Waals surface area contributed by atoms with E-state index in [-0.39, 0.29) is 43.2 Å². The normalized spacial score (nSPS) is 28.4. The minimum absolute atomic E-state index is 0.0124. The summed E-state index contributed by atoms with van der Waals surface area (Å²) < 4.78 is 57.6. The molecule has 68 heavy (non-hydrogen) atoms.